The Hall–Kier alpha value is -1.92. The number of unbranched alkanes of at least 4 members (excludes halogenated alkanes) is 52. The fraction of sp³-hybridized carbons (Fsp3) is 0.893. The van der Waals surface area contributed by atoms with Crippen LogP contribution in [0.15, 0.2) is 36.5 Å². The van der Waals surface area contributed by atoms with Gasteiger partial charge in [0.05, 0.1) is 25.4 Å². The van der Waals surface area contributed by atoms with Crippen LogP contribution >= 0.6 is 0 Å². The number of aliphatic hydroxyl groups is 2. The second-order valence-electron chi connectivity index (χ2n) is 25.3. The molecule has 0 heterocycles. The topological polar surface area (TPSA) is 95.9 Å². The molecule has 0 aromatic carbocycles. The largest absolute Gasteiger partial charge is 0.466 e. The van der Waals surface area contributed by atoms with Crippen molar-refractivity contribution in [2.75, 3.05) is 13.2 Å². The Kier molecular flexibility index (Phi) is 68.9. The van der Waals surface area contributed by atoms with Gasteiger partial charge in [0.1, 0.15) is 0 Å². The number of rotatable bonds is 69. The minimum Gasteiger partial charge on any atom is -0.466 e. The van der Waals surface area contributed by atoms with Gasteiger partial charge in [-0.3, -0.25) is 9.59 Å². The van der Waals surface area contributed by atoms with Crippen molar-refractivity contribution in [3.05, 3.63) is 36.5 Å². The molecule has 6 heteroatoms. The number of esters is 1. The highest BCUT2D eigenvalue weighted by Crippen LogP contribution is 2.19. The molecule has 0 bridgehead atoms. The van der Waals surface area contributed by atoms with Crippen molar-refractivity contribution < 1.29 is 24.5 Å². The van der Waals surface area contributed by atoms with E-state index in [0.717, 1.165) is 51.4 Å². The predicted octanol–water partition coefficient (Wildman–Crippen LogP) is 23.9. The maximum absolute atomic E-state index is 12.6. The molecule has 0 aromatic rings. The lowest BCUT2D eigenvalue weighted by Gasteiger charge is -2.22. The Balaban J connectivity index is 3.42. The Morgan fingerprint density at radius 1 is 0.346 bits per heavy atom. The SMILES string of the molecule is CCCCC/C=C\CCCCCCCC(=O)OCCCCCCCCCCC/C=C\C/C=C\CCCCCCCCCCCCCC(=O)NC(CO)C(O)CCCCCCCCCCCCCCCCCCCCCCCCCCC. The zero-order chi connectivity index (χ0) is 58.5. The summed E-state index contributed by atoms with van der Waals surface area (Å²) in [4.78, 5) is 24.6. The van der Waals surface area contributed by atoms with Gasteiger partial charge in [-0.1, -0.05) is 346 Å². The van der Waals surface area contributed by atoms with Gasteiger partial charge in [-0.15, -0.1) is 0 Å². The lowest BCUT2D eigenvalue weighted by atomic mass is 10.0. The average molecular weight is 1140 g/mol. The molecule has 478 valence electrons. The maximum atomic E-state index is 12.6. The van der Waals surface area contributed by atoms with Crippen molar-refractivity contribution in [3.8, 4) is 0 Å². The summed E-state index contributed by atoms with van der Waals surface area (Å²) in [6.45, 7) is 4.96. The molecule has 0 aromatic heterocycles. The second kappa shape index (κ2) is 70.6. The molecule has 3 N–H and O–H groups in total. The van der Waals surface area contributed by atoms with Crippen LogP contribution in [0.25, 0.3) is 0 Å². The molecule has 0 aliphatic heterocycles. The van der Waals surface area contributed by atoms with E-state index in [0.29, 0.717) is 25.9 Å². The molecule has 0 aliphatic rings. The van der Waals surface area contributed by atoms with Crippen molar-refractivity contribution in [1.29, 1.82) is 0 Å². The van der Waals surface area contributed by atoms with Crippen LogP contribution in [0.1, 0.15) is 406 Å². The van der Waals surface area contributed by atoms with Crippen molar-refractivity contribution >= 4 is 11.9 Å². The number of hydrogen-bond donors (Lipinski definition) is 3. The minimum atomic E-state index is -0.669. The van der Waals surface area contributed by atoms with E-state index in [9.17, 15) is 19.8 Å². The van der Waals surface area contributed by atoms with Crippen LogP contribution in [0.2, 0.25) is 0 Å². The molecule has 0 saturated carbocycles. The lowest BCUT2D eigenvalue weighted by molar-refractivity contribution is -0.143. The first kappa shape index (κ1) is 79.1. The van der Waals surface area contributed by atoms with Crippen molar-refractivity contribution in [2.45, 2.75) is 418 Å². The van der Waals surface area contributed by atoms with E-state index in [4.69, 9.17) is 4.74 Å². The summed E-state index contributed by atoms with van der Waals surface area (Å²) in [5, 5.41) is 23.5. The first-order chi connectivity index (χ1) is 40.0. The van der Waals surface area contributed by atoms with E-state index in [1.54, 1.807) is 0 Å². The summed E-state index contributed by atoms with van der Waals surface area (Å²) < 4.78 is 5.47. The van der Waals surface area contributed by atoms with Crippen LogP contribution in [0.3, 0.4) is 0 Å². The van der Waals surface area contributed by atoms with E-state index in [1.165, 1.54) is 321 Å². The fourth-order valence-corrected chi connectivity index (χ4v) is 11.6. The number of allylic oxidation sites excluding steroid dienone is 6. The summed E-state index contributed by atoms with van der Waals surface area (Å²) in [5.74, 6) is -0.0324. The molecule has 0 spiro atoms. The van der Waals surface area contributed by atoms with Gasteiger partial charge in [-0.2, -0.15) is 0 Å². The zero-order valence-electron chi connectivity index (χ0n) is 54.8. The first-order valence-electron chi connectivity index (χ1n) is 36.7. The smallest absolute Gasteiger partial charge is 0.305 e. The highest BCUT2D eigenvalue weighted by molar-refractivity contribution is 5.76. The van der Waals surface area contributed by atoms with Crippen LogP contribution in [0.4, 0.5) is 0 Å². The number of carbonyl (C=O) groups is 2. The Morgan fingerprint density at radius 3 is 0.975 bits per heavy atom. The van der Waals surface area contributed by atoms with Gasteiger partial charge in [0, 0.05) is 12.8 Å². The van der Waals surface area contributed by atoms with Gasteiger partial charge in [-0.25, -0.2) is 0 Å². The molecule has 0 saturated heterocycles. The van der Waals surface area contributed by atoms with Crippen LogP contribution in [0, 0.1) is 0 Å². The van der Waals surface area contributed by atoms with Crippen LogP contribution in [-0.4, -0.2) is 47.4 Å². The molecule has 0 radical (unpaired) electrons. The molecule has 2 unspecified atom stereocenters. The number of nitrogens with one attached hydrogen (secondary N) is 1. The predicted molar refractivity (Wildman–Crippen MR) is 356 cm³/mol. The summed E-state index contributed by atoms with van der Waals surface area (Å²) in [6.07, 6.45) is 90.6. The molecule has 2 atom stereocenters. The molecule has 0 rings (SSSR count). The number of hydrogen-bond acceptors (Lipinski definition) is 5. The maximum Gasteiger partial charge on any atom is 0.305 e. The Labute approximate surface area is 506 Å². The van der Waals surface area contributed by atoms with Crippen LogP contribution in [0.5, 0.6) is 0 Å². The number of amides is 1. The van der Waals surface area contributed by atoms with Gasteiger partial charge >= 0.3 is 5.97 Å². The average Bonchev–Trinajstić information content (AvgIpc) is 3.47. The van der Waals surface area contributed by atoms with Crippen LogP contribution in [-0.2, 0) is 14.3 Å². The van der Waals surface area contributed by atoms with E-state index >= 15 is 0 Å². The van der Waals surface area contributed by atoms with Crippen molar-refractivity contribution in [1.82, 2.24) is 5.32 Å². The van der Waals surface area contributed by atoms with Gasteiger partial charge in [-0.05, 0) is 83.5 Å². The highest BCUT2D eigenvalue weighted by Gasteiger charge is 2.20. The van der Waals surface area contributed by atoms with Crippen molar-refractivity contribution in [3.63, 3.8) is 0 Å². The fourth-order valence-electron chi connectivity index (χ4n) is 11.6. The highest BCUT2D eigenvalue weighted by atomic mass is 16.5. The van der Waals surface area contributed by atoms with Crippen molar-refractivity contribution in [2.24, 2.45) is 0 Å². The molecule has 0 aliphatic carbocycles. The lowest BCUT2D eigenvalue weighted by Crippen LogP contribution is -2.45. The molecular formula is C75H143NO5. The third-order valence-electron chi connectivity index (χ3n) is 17.2. The Morgan fingerprint density at radius 2 is 0.617 bits per heavy atom. The summed E-state index contributed by atoms with van der Waals surface area (Å²) in [5.41, 5.74) is 0. The molecule has 0 fully saturated rings. The summed E-state index contributed by atoms with van der Waals surface area (Å²) >= 11 is 0. The normalized spacial score (nSPS) is 12.7. The van der Waals surface area contributed by atoms with E-state index in [2.05, 4.69) is 55.6 Å². The van der Waals surface area contributed by atoms with E-state index in [1.807, 2.05) is 0 Å². The number of carbonyl (C=O) groups excluding carboxylic acids is 2. The monoisotopic (exact) mass is 1140 g/mol. The third kappa shape index (κ3) is 67.1. The van der Waals surface area contributed by atoms with E-state index in [-0.39, 0.29) is 18.5 Å². The molecular weight excluding hydrogens is 995 g/mol. The third-order valence-corrected chi connectivity index (χ3v) is 17.2. The summed E-state index contributed by atoms with van der Waals surface area (Å²) in [6, 6.07) is -0.546. The molecule has 6 nitrogen and oxygen atoms in total. The zero-order valence-corrected chi connectivity index (χ0v) is 54.8. The summed E-state index contributed by atoms with van der Waals surface area (Å²) in [7, 11) is 0. The second-order valence-corrected chi connectivity index (χ2v) is 25.3. The molecule has 81 heavy (non-hydrogen) atoms. The number of aliphatic hydroxyl groups excluding tert-OH is 2. The molecule has 1 amide bonds. The minimum absolute atomic E-state index is 0.00107. The van der Waals surface area contributed by atoms with Crippen LogP contribution < -0.4 is 5.32 Å². The quantitative estimate of drug-likeness (QED) is 0.0320. The van der Waals surface area contributed by atoms with Gasteiger partial charge in [0.25, 0.3) is 0 Å². The standard InChI is InChI=1S/C75H143NO5/c1-3-5-7-9-11-13-15-17-18-19-20-21-22-26-29-32-35-38-41-44-47-51-55-59-63-67-73(78)72(71-77)76-74(79)68-64-60-56-52-48-45-42-39-36-33-30-27-24-23-25-28-31-34-37-40-43-46-50-54-58-62-66-70-81-75(80)69-65-61-57-53-49-16-14-12-10-8-6-4-2/h12,14,23-24,28,31,72-73,77-78H,3-11,13,15-22,25-27,29-30,32-71H2,1-2H3,(H,76,79)/b14-12-,24-23-,31-28-. The van der Waals surface area contributed by atoms with Gasteiger partial charge in [0.2, 0.25) is 5.91 Å². The van der Waals surface area contributed by atoms with E-state index < -0.39 is 12.1 Å². The van der Waals surface area contributed by atoms with Gasteiger partial charge < -0.3 is 20.3 Å². The first-order valence-corrected chi connectivity index (χ1v) is 36.7. The number of ether oxygens (including phenoxy) is 1. The Bertz CT molecular complexity index is 1310. The van der Waals surface area contributed by atoms with Gasteiger partial charge in [0.15, 0.2) is 0 Å².